The highest BCUT2D eigenvalue weighted by Crippen LogP contribution is 2.31. The first-order valence-corrected chi connectivity index (χ1v) is 10.6. The van der Waals surface area contributed by atoms with Crippen molar-refractivity contribution in [2.75, 3.05) is 5.32 Å². The predicted octanol–water partition coefficient (Wildman–Crippen LogP) is 3.32. The van der Waals surface area contributed by atoms with Gasteiger partial charge in [-0.15, -0.1) is 11.8 Å². The molecule has 0 fully saturated rings. The molecule has 0 radical (unpaired) electrons. The van der Waals surface area contributed by atoms with Crippen LogP contribution in [0.4, 0.5) is 10.5 Å². The monoisotopic (exact) mass is 437 g/mol. The molecule has 1 unspecified atom stereocenters. The van der Waals surface area contributed by atoms with Crippen LogP contribution in [-0.4, -0.2) is 30.4 Å². The van der Waals surface area contributed by atoms with Crippen LogP contribution >= 0.6 is 35.0 Å². The van der Waals surface area contributed by atoms with Gasteiger partial charge in [0, 0.05) is 10.9 Å². The number of amides is 2. The third-order valence-electron chi connectivity index (χ3n) is 2.97. The first-order chi connectivity index (χ1) is 11.9. The van der Waals surface area contributed by atoms with Crippen molar-refractivity contribution in [3.8, 4) is 0 Å². The highest BCUT2D eigenvalue weighted by molar-refractivity contribution is 8.16. The van der Waals surface area contributed by atoms with Crippen molar-refractivity contribution < 1.29 is 18.0 Å². The van der Waals surface area contributed by atoms with Gasteiger partial charge in [-0.2, -0.15) is 0 Å². The minimum atomic E-state index is -3.91. The van der Waals surface area contributed by atoms with E-state index < -0.39 is 32.0 Å². The van der Waals surface area contributed by atoms with E-state index in [4.69, 9.17) is 23.2 Å². The van der Waals surface area contributed by atoms with Crippen molar-refractivity contribution in [1.82, 2.24) is 10.0 Å². The van der Waals surface area contributed by atoms with Gasteiger partial charge in [0.15, 0.2) is 4.58 Å². The molecule has 2 rings (SSSR count). The number of rotatable bonds is 4. The third kappa shape index (κ3) is 5.14. The number of hydrogen-bond donors (Lipinski definition) is 3. The molecule has 0 saturated heterocycles. The van der Waals surface area contributed by atoms with Gasteiger partial charge in [0.1, 0.15) is 0 Å². The molecule has 0 aromatic heterocycles. The number of benzene rings is 1. The summed E-state index contributed by atoms with van der Waals surface area (Å²) in [5, 5.41) is 6.50. The minimum Gasteiger partial charge on any atom is -0.306 e. The maximum atomic E-state index is 12.3. The molecule has 11 heteroatoms. The Morgan fingerprint density at radius 1 is 1.19 bits per heavy atom. The normalized spacial score (nSPS) is 17.8. The molecule has 0 saturated carbocycles. The molecule has 1 heterocycles. The van der Waals surface area contributed by atoms with E-state index in [-0.39, 0.29) is 21.4 Å². The Morgan fingerprint density at radius 2 is 1.85 bits per heavy atom. The van der Waals surface area contributed by atoms with Crippen LogP contribution in [0.3, 0.4) is 0 Å². The fourth-order valence-corrected chi connectivity index (χ4v) is 5.34. The number of hydrogen-bond acceptors (Lipinski definition) is 5. The van der Waals surface area contributed by atoms with Crippen molar-refractivity contribution in [2.45, 2.75) is 30.9 Å². The number of thioether (sulfide) groups is 1. The van der Waals surface area contributed by atoms with Crippen LogP contribution in [-0.2, 0) is 14.8 Å². The molecule has 1 aliphatic rings. The van der Waals surface area contributed by atoms with E-state index in [2.05, 4.69) is 15.4 Å². The molecule has 0 spiro atoms. The van der Waals surface area contributed by atoms with Crippen molar-refractivity contribution in [3.63, 3.8) is 0 Å². The van der Waals surface area contributed by atoms with Crippen LogP contribution in [0.2, 0.25) is 10.0 Å². The summed E-state index contributed by atoms with van der Waals surface area (Å²) in [5.74, 6) is -0.709. The predicted molar refractivity (Wildman–Crippen MR) is 105 cm³/mol. The summed E-state index contributed by atoms with van der Waals surface area (Å²) in [6, 6.07) is 3.95. The second kappa shape index (κ2) is 7.77. The number of allylic oxidation sites excluding steroid dienone is 1. The molecule has 7 nitrogen and oxygen atoms in total. The average molecular weight is 438 g/mol. The summed E-state index contributed by atoms with van der Waals surface area (Å²) < 4.78 is 25.7. The van der Waals surface area contributed by atoms with Gasteiger partial charge >= 0.3 is 6.03 Å². The number of Topliss-reactive ketones (excluding diaryl/α,β-unsaturated/α-hetero) is 1. The number of urea groups is 1. The lowest BCUT2D eigenvalue weighted by Crippen LogP contribution is -2.46. The Balaban J connectivity index is 2.04. The molecular formula is C15H17Cl2N3O4S2. The molecular weight excluding hydrogens is 421 g/mol. The number of sulfonamides is 1. The van der Waals surface area contributed by atoms with Crippen LogP contribution < -0.4 is 15.4 Å². The quantitative estimate of drug-likeness (QED) is 0.669. The summed E-state index contributed by atoms with van der Waals surface area (Å²) >= 11 is 12.7. The SMILES string of the molecule is CC(C)(C)NS(=O)(=O)C1SC=C(NC(=O)Nc2cccc(Cl)c2Cl)C1=O. The first kappa shape index (κ1) is 21.0. The Labute approximate surface area is 165 Å². The lowest BCUT2D eigenvalue weighted by atomic mass is 10.1. The van der Waals surface area contributed by atoms with E-state index in [0.29, 0.717) is 0 Å². The van der Waals surface area contributed by atoms with Crippen LogP contribution in [0.25, 0.3) is 0 Å². The van der Waals surface area contributed by atoms with Gasteiger partial charge in [-0.05, 0) is 32.9 Å². The highest BCUT2D eigenvalue weighted by atomic mass is 35.5. The van der Waals surface area contributed by atoms with Gasteiger partial charge in [-0.25, -0.2) is 17.9 Å². The lowest BCUT2D eigenvalue weighted by Gasteiger charge is -2.22. The van der Waals surface area contributed by atoms with Crippen molar-refractivity contribution in [1.29, 1.82) is 0 Å². The second-order valence-corrected chi connectivity index (χ2v) is 10.3. The van der Waals surface area contributed by atoms with Crippen LogP contribution in [0.1, 0.15) is 20.8 Å². The van der Waals surface area contributed by atoms with E-state index in [0.717, 1.165) is 11.8 Å². The Kier molecular flexibility index (Phi) is 6.29. The number of ketones is 1. The summed E-state index contributed by atoms with van der Waals surface area (Å²) in [6.45, 7) is 5.01. The summed E-state index contributed by atoms with van der Waals surface area (Å²) in [7, 11) is -3.91. The number of nitrogens with one attached hydrogen (secondary N) is 3. The molecule has 1 aliphatic heterocycles. The Hall–Kier alpha value is -1.26. The van der Waals surface area contributed by atoms with E-state index >= 15 is 0 Å². The highest BCUT2D eigenvalue weighted by Gasteiger charge is 2.41. The number of carbonyl (C=O) groups excluding carboxylic acids is 2. The zero-order valence-corrected chi connectivity index (χ0v) is 17.2. The minimum absolute atomic E-state index is 0.116. The van der Waals surface area contributed by atoms with Crippen LogP contribution in [0.5, 0.6) is 0 Å². The molecule has 1 aromatic carbocycles. The van der Waals surface area contributed by atoms with Gasteiger partial charge in [0.2, 0.25) is 15.8 Å². The van der Waals surface area contributed by atoms with Crippen LogP contribution in [0.15, 0.2) is 29.3 Å². The Bertz CT molecular complexity index is 879. The van der Waals surface area contributed by atoms with Crippen molar-refractivity contribution in [2.24, 2.45) is 0 Å². The largest absolute Gasteiger partial charge is 0.323 e. The standard InChI is InChI=1S/C15H17Cl2N3O4S2/c1-15(2,3)20-26(23,24)13-12(21)10(7-25-13)19-14(22)18-9-6-4-5-8(16)11(9)17/h4-7,13,20H,1-3H3,(H2,18,19,22). The smallest absolute Gasteiger partial charge is 0.306 e. The molecule has 2 amide bonds. The molecule has 0 aliphatic carbocycles. The maximum Gasteiger partial charge on any atom is 0.323 e. The molecule has 0 bridgehead atoms. The van der Waals surface area contributed by atoms with Gasteiger partial charge < -0.3 is 10.6 Å². The summed E-state index contributed by atoms with van der Waals surface area (Å²) in [4.78, 5) is 24.4. The molecule has 142 valence electrons. The fourth-order valence-electron chi connectivity index (χ4n) is 2.04. The summed E-state index contributed by atoms with van der Waals surface area (Å²) in [5.41, 5.74) is -0.583. The topological polar surface area (TPSA) is 104 Å². The lowest BCUT2D eigenvalue weighted by molar-refractivity contribution is -0.114. The van der Waals surface area contributed by atoms with Gasteiger partial charge in [-0.3, -0.25) is 4.79 Å². The molecule has 1 aromatic rings. The number of halogens is 2. The van der Waals surface area contributed by atoms with Gasteiger partial charge in [-0.1, -0.05) is 29.3 Å². The number of carbonyl (C=O) groups is 2. The zero-order valence-electron chi connectivity index (χ0n) is 14.1. The second-order valence-electron chi connectivity index (χ2n) is 6.44. The van der Waals surface area contributed by atoms with E-state index in [1.807, 2.05) is 0 Å². The number of anilines is 1. The first-order valence-electron chi connectivity index (χ1n) is 7.35. The third-order valence-corrected chi connectivity index (χ3v) is 7.39. The zero-order chi connectivity index (χ0) is 19.7. The van der Waals surface area contributed by atoms with E-state index in [1.54, 1.807) is 32.9 Å². The Morgan fingerprint density at radius 3 is 2.46 bits per heavy atom. The molecule has 26 heavy (non-hydrogen) atoms. The summed E-state index contributed by atoms with van der Waals surface area (Å²) in [6.07, 6.45) is 0. The fraction of sp³-hybridized carbons (Fsp3) is 0.333. The maximum absolute atomic E-state index is 12.3. The molecule has 1 atom stereocenters. The van der Waals surface area contributed by atoms with Gasteiger partial charge in [0.05, 0.1) is 21.4 Å². The van der Waals surface area contributed by atoms with E-state index in [9.17, 15) is 18.0 Å². The van der Waals surface area contributed by atoms with Crippen molar-refractivity contribution >= 4 is 62.5 Å². The van der Waals surface area contributed by atoms with Crippen molar-refractivity contribution in [3.05, 3.63) is 39.3 Å². The van der Waals surface area contributed by atoms with E-state index in [1.165, 1.54) is 11.5 Å². The van der Waals surface area contributed by atoms with Gasteiger partial charge in [0.25, 0.3) is 0 Å². The van der Waals surface area contributed by atoms with Crippen LogP contribution in [0, 0.1) is 0 Å². The average Bonchev–Trinajstić information content (AvgIpc) is 2.83. The molecule has 3 N–H and O–H groups in total.